The molecule has 27 heavy (non-hydrogen) atoms. The van der Waals surface area contributed by atoms with Gasteiger partial charge in [0.1, 0.15) is 22.8 Å². The second-order valence-corrected chi connectivity index (χ2v) is 6.04. The van der Waals surface area contributed by atoms with Crippen LogP contribution in [-0.4, -0.2) is 17.0 Å². The lowest BCUT2D eigenvalue weighted by Crippen LogP contribution is -2.28. The molecule has 1 aromatic heterocycles. The highest BCUT2D eigenvalue weighted by Crippen LogP contribution is 2.33. The highest BCUT2D eigenvalue weighted by atomic mass is 35.5. The lowest BCUT2D eigenvalue weighted by molar-refractivity contribution is -0.129. The Bertz CT molecular complexity index is 968. The summed E-state index contributed by atoms with van der Waals surface area (Å²) in [7, 11) is 0. The lowest BCUT2D eigenvalue weighted by atomic mass is 10.1. The molecule has 0 bridgehead atoms. The molecule has 0 saturated heterocycles. The number of nitrogens with one attached hydrogen (secondary N) is 1. The molecule has 8 heteroatoms. The van der Waals surface area contributed by atoms with Crippen LogP contribution in [0.15, 0.2) is 53.1 Å². The molecule has 0 saturated carbocycles. The number of halogens is 2. The van der Waals surface area contributed by atoms with E-state index in [4.69, 9.17) is 21.0 Å². The van der Waals surface area contributed by atoms with Crippen molar-refractivity contribution in [2.24, 2.45) is 0 Å². The van der Waals surface area contributed by atoms with Crippen molar-refractivity contribution in [3.8, 4) is 11.3 Å². The molecule has 6 nitrogen and oxygen atoms in total. The number of benzene rings is 2. The van der Waals surface area contributed by atoms with Crippen LogP contribution in [0.4, 0.5) is 4.39 Å². The van der Waals surface area contributed by atoms with E-state index in [0.29, 0.717) is 0 Å². The van der Waals surface area contributed by atoms with Crippen molar-refractivity contribution in [2.75, 3.05) is 0 Å². The summed E-state index contributed by atoms with van der Waals surface area (Å²) in [5, 5.41) is 3.77. The summed E-state index contributed by atoms with van der Waals surface area (Å²) in [6, 6.07) is 13.0. The first-order chi connectivity index (χ1) is 13.0. The minimum absolute atomic E-state index is 0.0305. The minimum Gasteiger partial charge on any atom is -0.360 e. The molecule has 0 aliphatic carbocycles. The van der Waals surface area contributed by atoms with E-state index in [1.807, 2.05) is 6.07 Å². The quantitative estimate of drug-likeness (QED) is 0.686. The van der Waals surface area contributed by atoms with Crippen LogP contribution < -0.4 is 5.48 Å². The average molecular weight is 389 g/mol. The van der Waals surface area contributed by atoms with Gasteiger partial charge >= 0.3 is 5.97 Å². The Balaban J connectivity index is 1.76. The van der Waals surface area contributed by atoms with Crippen molar-refractivity contribution < 1.29 is 23.3 Å². The summed E-state index contributed by atoms with van der Waals surface area (Å²) in [6.07, 6.45) is 0.0305. The molecule has 0 spiro atoms. The number of hydrogen-bond acceptors (Lipinski definition) is 5. The standard InChI is InChI=1S/C19H14ClFN2O4/c1-11-16(18(23-26-11)17-13(20)8-5-9-14(17)21)19(25)27-22-15(24)10-12-6-3-2-4-7-12/h2-9H,10H2,1H3,(H,22,24). The molecule has 0 aliphatic heterocycles. The summed E-state index contributed by atoms with van der Waals surface area (Å²) in [5.74, 6) is -2.02. The average Bonchev–Trinajstić information content (AvgIpc) is 3.02. The monoisotopic (exact) mass is 388 g/mol. The van der Waals surface area contributed by atoms with Gasteiger partial charge in [0.05, 0.1) is 17.0 Å². The summed E-state index contributed by atoms with van der Waals surface area (Å²) in [6.45, 7) is 1.47. The first kappa shape index (κ1) is 18.6. The van der Waals surface area contributed by atoms with Crippen molar-refractivity contribution in [3.63, 3.8) is 0 Å². The van der Waals surface area contributed by atoms with Crippen molar-refractivity contribution >= 4 is 23.5 Å². The number of aryl methyl sites for hydroxylation is 1. The fraction of sp³-hybridized carbons (Fsp3) is 0.105. The SMILES string of the molecule is Cc1onc(-c2c(F)cccc2Cl)c1C(=O)ONC(=O)Cc1ccccc1. The van der Waals surface area contributed by atoms with Crippen LogP contribution in [0.3, 0.4) is 0 Å². The summed E-state index contributed by atoms with van der Waals surface area (Å²) >= 11 is 6.02. The smallest absolute Gasteiger partial charge is 0.360 e. The number of hydrogen-bond donors (Lipinski definition) is 1. The zero-order chi connectivity index (χ0) is 19.4. The highest BCUT2D eigenvalue weighted by molar-refractivity contribution is 6.33. The summed E-state index contributed by atoms with van der Waals surface area (Å²) in [4.78, 5) is 29.2. The second kappa shape index (κ2) is 8.01. The van der Waals surface area contributed by atoms with Crippen molar-refractivity contribution in [1.82, 2.24) is 10.6 Å². The van der Waals surface area contributed by atoms with Gasteiger partial charge in [-0.1, -0.05) is 53.2 Å². The fourth-order valence-electron chi connectivity index (χ4n) is 2.48. The maximum Gasteiger partial charge on any atom is 0.368 e. The third-order valence-electron chi connectivity index (χ3n) is 3.73. The van der Waals surface area contributed by atoms with Gasteiger partial charge < -0.3 is 9.36 Å². The Labute approximate surface area is 158 Å². The van der Waals surface area contributed by atoms with Gasteiger partial charge in [-0.2, -0.15) is 5.48 Å². The molecule has 3 aromatic rings. The first-order valence-electron chi connectivity index (χ1n) is 7.92. The lowest BCUT2D eigenvalue weighted by Gasteiger charge is -2.07. The molecule has 1 N–H and O–H groups in total. The van der Waals surface area contributed by atoms with E-state index in [9.17, 15) is 14.0 Å². The van der Waals surface area contributed by atoms with Crippen molar-refractivity contribution in [2.45, 2.75) is 13.3 Å². The van der Waals surface area contributed by atoms with Gasteiger partial charge in [0.15, 0.2) is 0 Å². The van der Waals surface area contributed by atoms with Crippen molar-refractivity contribution in [3.05, 3.63) is 76.3 Å². The molecule has 1 heterocycles. The molecule has 0 atom stereocenters. The van der Waals surface area contributed by atoms with Gasteiger partial charge in [0.25, 0.3) is 5.91 Å². The molecular formula is C19H14ClFN2O4. The van der Waals surface area contributed by atoms with Crippen LogP contribution in [0.1, 0.15) is 21.7 Å². The number of amides is 1. The van der Waals surface area contributed by atoms with Crippen molar-refractivity contribution in [1.29, 1.82) is 0 Å². The topological polar surface area (TPSA) is 81.4 Å². The number of carbonyl (C=O) groups excluding carboxylic acids is 2. The first-order valence-corrected chi connectivity index (χ1v) is 8.29. The largest absolute Gasteiger partial charge is 0.368 e. The number of nitrogens with zero attached hydrogens (tertiary/aromatic N) is 1. The van der Waals surface area contributed by atoms with Crippen LogP contribution in [0.5, 0.6) is 0 Å². The van der Waals surface area contributed by atoms with E-state index in [1.54, 1.807) is 24.3 Å². The molecule has 0 aliphatic rings. The van der Waals surface area contributed by atoms with Crippen LogP contribution in [0, 0.1) is 12.7 Å². The fourth-order valence-corrected chi connectivity index (χ4v) is 2.73. The van der Waals surface area contributed by atoms with Gasteiger partial charge in [0.2, 0.25) is 0 Å². The molecule has 1 amide bonds. The van der Waals surface area contributed by atoms with Gasteiger partial charge in [-0.05, 0) is 24.6 Å². The normalized spacial score (nSPS) is 10.5. The van der Waals surface area contributed by atoms with Gasteiger partial charge in [-0.25, -0.2) is 9.18 Å². The van der Waals surface area contributed by atoms with Crippen LogP contribution in [0.2, 0.25) is 5.02 Å². The molecule has 0 fully saturated rings. The molecule has 0 radical (unpaired) electrons. The zero-order valence-electron chi connectivity index (χ0n) is 14.2. The third-order valence-corrected chi connectivity index (χ3v) is 4.05. The number of hydroxylamine groups is 1. The van der Waals surface area contributed by atoms with Crippen LogP contribution in [-0.2, 0) is 16.1 Å². The maximum absolute atomic E-state index is 14.2. The summed E-state index contributed by atoms with van der Waals surface area (Å²) < 4.78 is 19.2. The molecule has 0 unspecified atom stereocenters. The van der Waals surface area contributed by atoms with E-state index in [1.165, 1.54) is 25.1 Å². The van der Waals surface area contributed by atoms with E-state index < -0.39 is 17.7 Å². The Hall–Kier alpha value is -3.19. The van der Waals surface area contributed by atoms with E-state index in [-0.39, 0.29) is 34.0 Å². The van der Waals surface area contributed by atoms with Gasteiger partial charge in [-0.15, -0.1) is 0 Å². The van der Waals surface area contributed by atoms with Gasteiger partial charge in [0, 0.05) is 0 Å². The predicted octanol–water partition coefficient (Wildman–Crippen LogP) is 3.87. The predicted molar refractivity (Wildman–Crippen MR) is 95.3 cm³/mol. The Morgan fingerprint density at radius 3 is 2.63 bits per heavy atom. The van der Waals surface area contributed by atoms with Crippen LogP contribution in [0.25, 0.3) is 11.3 Å². The number of carbonyl (C=O) groups is 2. The molecular weight excluding hydrogens is 375 g/mol. The van der Waals surface area contributed by atoms with E-state index in [0.717, 1.165) is 5.56 Å². The number of rotatable bonds is 4. The van der Waals surface area contributed by atoms with E-state index in [2.05, 4.69) is 10.6 Å². The molecule has 138 valence electrons. The van der Waals surface area contributed by atoms with Gasteiger partial charge in [-0.3, -0.25) is 4.79 Å². The molecule has 3 rings (SSSR count). The number of aromatic nitrogens is 1. The Morgan fingerprint density at radius 1 is 1.19 bits per heavy atom. The molecule has 2 aromatic carbocycles. The third kappa shape index (κ3) is 4.15. The Morgan fingerprint density at radius 2 is 1.93 bits per heavy atom. The Kier molecular flexibility index (Phi) is 5.52. The highest BCUT2D eigenvalue weighted by Gasteiger charge is 2.27. The maximum atomic E-state index is 14.2. The second-order valence-electron chi connectivity index (χ2n) is 5.64. The zero-order valence-corrected chi connectivity index (χ0v) is 14.9. The van der Waals surface area contributed by atoms with E-state index >= 15 is 0 Å². The summed E-state index contributed by atoms with van der Waals surface area (Å²) in [5.41, 5.74) is 2.52. The minimum atomic E-state index is -0.940. The van der Waals surface area contributed by atoms with Crippen LogP contribution >= 0.6 is 11.6 Å².